The van der Waals surface area contributed by atoms with Crippen molar-refractivity contribution in [3.05, 3.63) is 30.3 Å². The predicted molar refractivity (Wildman–Crippen MR) is 69.7 cm³/mol. The molecule has 0 heterocycles. The van der Waals surface area contributed by atoms with E-state index in [1.54, 1.807) is 0 Å². The number of likely N-dealkylation sites (N-methyl/N-ethyl adjacent to an activating group) is 1. The zero-order valence-corrected chi connectivity index (χ0v) is 10.1. The minimum atomic E-state index is 0.327. The Morgan fingerprint density at radius 2 is 1.75 bits per heavy atom. The fourth-order valence-electron chi connectivity index (χ4n) is 2.65. The summed E-state index contributed by atoms with van der Waals surface area (Å²) in [6, 6.07) is 11.4. The van der Waals surface area contributed by atoms with Gasteiger partial charge in [-0.05, 0) is 25.0 Å². The average molecular weight is 218 g/mol. The lowest BCUT2D eigenvalue weighted by molar-refractivity contribution is 0.480. The molecule has 0 amide bonds. The molecule has 1 fully saturated rings. The second kappa shape index (κ2) is 5.35. The lowest BCUT2D eigenvalue weighted by atomic mass is 10.0. The Morgan fingerprint density at radius 1 is 1.06 bits per heavy atom. The van der Waals surface area contributed by atoms with Gasteiger partial charge in [0.05, 0.1) is 0 Å². The number of nitrogens with two attached hydrogens (primary N) is 1. The molecule has 16 heavy (non-hydrogen) atoms. The van der Waals surface area contributed by atoms with E-state index in [0.29, 0.717) is 12.1 Å². The maximum Gasteiger partial charge on any atom is 0.0437 e. The third-order valence-electron chi connectivity index (χ3n) is 3.69. The summed E-state index contributed by atoms with van der Waals surface area (Å²) in [6.07, 6.45) is 6.34. The van der Waals surface area contributed by atoms with Crippen LogP contribution in [-0.4, -0.2) is 19.1 Å². The van der Waals surface area contributed by atoms with Crippen LogP contribution in [0.5, 0.6) is 0 Å². The van der Waals surface area contributed by atoms with Gasteiger partial charge in [-0.15, -0.1) is 0 Å². The zero-order valence-electron chi connectivity index (χ0n) is 10.1. The second-order valence-electron chi connectivity index (χ2n) is 4.82. The van der Waals surface area contributed by atoms with Crippen molar-refractivity contribution in [1.29, 1.82) is 0 Å². The van der Waals surface area contributed by atoms with Crippen molar-refractivity contribution in [2.75, 3.05) is 11.9 Å². The molecule has 1 aliphatic carbocycles. The molecule has 0 radical (unpaired) electrons. The van der Waals surface area contributed by atoms with Crippen LogP contribution in [0.2, 0.25) is 0 Å². The fourth-order valence-corrected chi connectivity index (χ4v) is 2.65. The molecule has 0 spiro atoms. The number of para-hydroxylation sites is 1. The molecule has 2 nitrogen and oxygen atoms in total. The van der Waals surface area contributed by atoms with Gasteiger partial charge in [-0.2, -0.15) is 0 Å². The number of hydrogen-bond donors (Lipinski definition) is 1. The van der Waals surface area contributed by atoms with Gasteiger partial charge in [0.2, 0.25) is 0 Å². The van der Waals surface area contributed by atoms with Crippen LogP contribution in [0.4, 0.5) is 5.69 Å². The highest BCUT2D eigenvalue weighted by molar-refractivity contribution is 5.46. The summed E-state index contributed by atoms with van der Waals surface area (Å²) in [4.78, 5) is 2.36. The molecule has 0 aromatic heterocycles. The van der Waals surface area contributed by atoms with Gasteiger partial charge >= 0.3 is 0 Å². The van der Waals surface area contributed by atoms with Gasteiger partial charge in [-0.25, -0.2) is 0 Å². The van der Waals surface area contributed by atoms with Crippen molar-refractivity contribution in [3.63, 3.8) is 0 Å². The number of hydrogen-bond acceptors (Lipinski definition) is 2. The maximum absolute atomic E-state index is 6.28. The standard InChI is InChI=1S/C14H22N2/c1-16(12-8-4-2-5-9-12)14-11-7-3-6-10-13(14)15/h2,4-5,8-9,13-14H,3,6-7,10-11,15H2,1H3. The lowest BCUT2D eigenvalue weighted by Crippen LogP contribution is -2.45. The van der Waals surface area contributed by atoms with Crippen molar-refractivity contribution in [2.24, 2.45) is 5.73 Å². The summed E-state index contributed by atoms with van der Waals surface area (Å²) < 4.78 is 0. The van der Waals surface area contributed by atoms with E-state index in [9.17, 15) is 0 Å². The van der Waals surface area contributed by atoms with E-state index in [4.69, 9.17) is 5.73 Å². The molecule has 0 bridgehead atoms. The van der Waals surface area contributed by atoms with E-state index >= 15 is 0 Å². The highest BCUT2D eigenvalue weighted by Gasteiger charge is 2.24. The fraction of sp³-hybridized carbons (Fsp3) is 0.571. The number of benzene rings is 1. The monoisotopic (exact) mass is 218 g/mol. The third-order valence-corrected chi connectivity index (χ3v) is 3.69. The number of anilines is 1. The Morgan fingerprint density at radius 3 is 2.50 bits per heavy atom. The zero-order chi connectivity index (χ0) is 11.4. The van der Waals surface area contributed by atoms with Crippen LogP contribution in [0.1, 0.15) is 32.1 Å². The van der Waals surface area contributed by atoms with Gasteiger partial charge in [-0.3, -0.25) is 0 Å². The molecule has 2 heteroatoms. The molecule has 88 valence electrons. The molecule has 1 saturated carbocycles. The molecular weight excluding hydrogens is 196 g/mol. The molecule has 0 saturated heterocycles. The first kappa shape index (κ1) is 11.5. The Hall–Kier alpha value is -1.02. The molecule has 2 atom stereocenters. The Kier molecular flexibility index (Phi) is 3.83. The predicted octanol–water partition coefficient (Wildman–Crippen LogP) is 2.78. The van der Waals surface area contributed by atoms with Crippen molar-refractivity contribution < 1.29 is 0 Å². The van der Waals surface area contributed by atoms with E-state index in [-0.39, 0.29) is 0 Å². The van der Waals surface area contributed by atoms with Crippen molar-refractivity contribution in [3.8, 4) is 0 Å². The summed E-state index contributed by atoms with van der Waals surface area (Å²) in [5.74, 6) is 0. The van der Waals surface area contributed by atoms with E-state index in [2.05, 4.69) is 42.3 Å². The highest BCUT2D eigenvalue weighted by atomic mass is 15.1. The first-order valence-corrected chi connectivity index (χ1v) is 6.32. The van der Waals surface area contributed by atoms with E-state index < -0.39 is 0 Å². The first-order valence-electron chi connectivity index (χ1n) is 6.32. The minimum Gasteiger partial charge on any atom is -0.370 e. The third kappa shape index (κ3) is 2.56. The summed E-state index contributed by atoms with van der Waals surface area (Å²) in [7, 11) is 2.17. The van der Waals surface area contributed by atoms with Crippen molar-refractivity contribution in [1.82, 2.24) is 0 Å². The number of nitrogens with zero attached hydrogens (tertiary/aromatic N) is 1. The van der Waals surface area contributed by atoms with Crippen LogP contribution in [0.25, 0.3) is 0 Å². The van der Waals surface area contributed by atoms with Gasteiger partial charge in [0.1, 0.15) is 0 Å². The van der Waals surface area contributed by atoms with E-state index in [1.165, 1.54) is 37.8 Å². The van der Waals surface area contributed by atoms with Crippen LogP contribution < -0.4 is 10.6 Å². The normalized spacial score (nSPS) is 26.1. The lowest BCUT2D eigenvalue weighted by Gasteiger charge is -2.33. The average Bonchev–Trinajstić information content (AvgIpc) is 2.54. The van der Waals surface area contributed by atoms with Crippen molar-refractivity contribution >= 4 is 5.69 Å². The molecule has 2 rings (SSSR count). The topological polar surface area (TPSA) is 29.3 Å². The molecule has 1 aromatic rings. The van der Waals surface area contributed by atoms with E-state index in [1.807, 2.05) is 0 Å². The summed E-state index contributed by atoms with van der Waals surface area (Å²) in [6.45, 7) is 0. The Labute approximate surface area is 98.4 Å². The largest absolute Gasteiger partial charge is 0.370 e. The van der Waals surface area contributed by atoms with Crippen LogP contribution in [-0.2, 0) is 0 Å². The summed E-state index contributed by atoms with van der Waals surface area (Å²) in [5.41, 5.74) is 7.56. The highest BCUT2D eigenvalue weighted by Crippen LogP contribution is 2.24. The second-order valence-corrected chi connectivity index (χ2v) is 4.82. The summed E-state index contributed by atoms with van der Waals surface area (Å²) in [5, 5.41) is 0. The SMILES string of the molecule is CN(c1ccccc1)C1CCCCCC1N. The van der Waals surface area contributed by atoms with Crippen LogP contribution in [0.3, 0.4) is 0 Å². The first-order chi connectivity index (χ1) is 7.79. The molecule has 2 N–H and O–H groups in total. The molecule has 1 aliphatic rings. The molecule has 2 unspecified atom stereocenters. The van der Waals surface area contributed by atoms with Gasteiger partial charge in [0.25, 0.3) is 0 Å². The summed E-state index contributed by atoms with van der Waals surface area (Å²) >= 11 is 0. The Bertz CT molecular complexity index is 310. The molecule has 0 aliphatic heterocycles. The molecule has 1 aromatic carbocycles. The van der Waals surface area contributed by atoms with Gasteiger partial charge in [-0.1, -0.05) is 37.5 Å². The van der Waals surface area contributed by atoms with Crippen LogP contribution in [0, 0.1) is 0 Å². The Balaban J connectivity index is 2.10. The smallest absolute Gasteiger partial charge is 0.0437 e. The molecular formula is C14H22N2. The quantitative estimate of drug-likeness (QED) is 0.773. The van der Waals surface area contributed by atoms with Crippen LogP contribution in [0.15, 0.2) is 30.3 Å². The van der Waals surface area contributed by atoms with Gasteiger partial charge in [0, 0.05) is 24.8 Å². The van der Waals surface area contributed by atoms with Crippen LogP contribution >= 0.6 is 0 Å². The van der Waals surface area contributed by atoms with E-state index in [0.717, 1.165) is 0 Å². The van der Waals surface area contributed by atoms with Gasteiger partial charge in [0.15, 0.2) is 0 Å². The number of rotatable bonds is 2. The minimum absolute atomic E-state index is 0.327. The van der Waals surface area contributed by atoms with Gasteiger partial charge < -0.3 is 10.6 Å². The maximum atomic E-state index is 6.28. The van der Waals surface area contributed by atoms with Crippen molar-refractivity contribution in [2.45, 2.75) is 44.2 Å².